The van der Waals surface area contributed by atoms with Crippen LogP contribution in [0.4, 0.5) is 5.69 Å². The Morgan fingerprint density at radius 1 is 1.00 bits per heavy atom. The lowest BCUT2D eigenvalue weighted by Crippen LogP contribution is -2.19. The van der Waals surface area contributed by atoms with Gasteiger partial charge in [0, 0.05) is 5.02 Å². The molecule has 1 saturated heterocycles. The van der Waals surface area contributed by atoms with Crippen molar-refractivity contribution < 1.29 is 9.53 Å². The van der Waals surface area contributed by atoms with Crippen LogP contribution in [-0.4, -0.2) is 11.1 Å². The van der Waals surface area contributed by atoms with Gasteiger partial charge in [0.1, 0.15) is 12.4 Å². The van der Waals surface area contributed by atoms with Gasteiger partial charge >= 0.3 is 0 Å². The van der Waals surface area contributed by atoms with Crippen LogP contribution in [-0.2, 0) is 11.4 Å². The molecule has 0 radical (unpaired) electrons. The second-order valence-electron chi connectivity index (χ2n) is 6.30. The van der Waals surface area contributed by atoms with Gasteiger partial charge in [-0.3, -0.25) is 4.79 Å². The van der Waals surface area contributed by atoms with E-state index in [9.17, 15) is 4.79 Å². The number of hydrogen-bond acceptors (Lipinski definition) is 4. The van der Waals surface area contributed by atoms with Gasteiger partial charge in [-0.15, -0.1) is 0 Å². The lowest BCUT2D eigenvalue weighted by atomic mass is 10.2. The minimum absolute atomic E-state index is 0.155. The maximum Gasteiger partial charge on any atom is 0.264 e. The van der Waals surface area contributed by atoms with Crippen LogP contribution < -0.4 is 10.1 Å². The van der Waals surface area contributed by atoms with Gasteiger partial charge in [0.2, 0.25) is 0 Å². The first kappa shape index (κ1) is 19.3. The van der Waals surface area contributed by atoms with E-state index in [0.717, 1.165) is 22.6 Å². The van der Waals surface area contributed by atoms with E-state index in [0.29, 0.717) is 21.7 Å². The van der Waals surface area contributed by atoms with Crippen LogP contribution in [0.25, 0.3) is 6.08 Å². The first-order chi connectivity index (χ1) is 14.2. The number of thioether (sulfide) groups is 1. The van der Waals surface area contributed by atoms with Gasteiger partial charge in [0.25, 0.3) is 5.91 Å². The van der Waals surface area contributed by atoms with E-state index in [-0.39, 0.29) is 5.91 Å². The van der Waals surface area contributed by atoms with Crippen molar-refractivity contribution in [2.45, 2.75) is 6.61 Å². The van der Waals surface area contributed by atoms with Gasteiger partial charge in [0.15, 0.2) is 5.17 Å². The molecular weight excluding hydrogens is 404 g/mol. The number of ether oxygens (including phenoxy) is 1. The summed E-state index contributed by atoms with van der Waals surface area (Å²) in [4.78, 5) is 17.3. The van der Waals surface area contributed by atoms with Crippen LogP contribution in [0.5, 0.6) is 5.75 Å². The van der Waals surface area contributed by atoms with Crippen molar-refractivity contribution in [2.24, 2.45) is 4.99 Å². The lowest BCUT2D eigenvalue weighted by Gasteiger charge is -2.07. The van der Waals surface area contributed by atoms with Crippen molar-refractivity contribution in [3.05, 3.63) is 99.9 Å². The molecule has 0 saturated carbocycles. The number of nitrogens with zero attached hydrogens (tertiary/aromatic N) is 1. The smallest absolute Gasteiger partial charge is 0.264 e. The normalized spacial score (nSPS) is 16.2. The highest BCUT2D eigenvalue weighted by molar-refractivity contribution is 8.18. The Labute approximate surface area is 178 Å². The Bertz CT molecular complexity index is 1080. The molecule has 1 amide bonds. The molecule has 0 aliphatic carbocycles. The molecule has 3 aromatic carbocycles. The zero-order valence-corrected chi connectivity index (χ0v) is 16.9. The van der Waals surface area contributed by atoms with Crippen LogP contribution in [0.1, 0.15) is 11.1 Å². The summed E-state index contributed by atoms with van der Waals surface area (Å²) in [5.41, 5.74) is 2.72. The monoisotopic (exact) mass is 420 g/mol. The van der Waals surface area contributed by atoms with E-state index >= 15 is 0 Å². The molecule has 1 N–H and O–H groups in total. The fourth-order valence-electron chi connectivity index (χ4n) is 2.69. The molecule has 144 valence electrons. The minimum Gasteiger partial charge on any atom is -0.489 e. The number of benzene rings is 3. The largest absolute Gasteiger partial charge is 0.489 e. The Balaban J connectivity index is 1.45. The Kier molecular flexibility index (Phi) is 5.98. The number of halogens is 1. The van der Waals surface area contributed by atoms with Gasteiger partial charge in [-0.2, -0.15) is 0 Å². The number of nitrogens with one attached hydrogen (secondary N) is 1. The van der Waals surface area contributed by atoms with Crippen LogP contribution in [0.2, 0.25) is 5.02 Å². The van der Waals surface area contributed by atoms with Crippen molar-refractivity contribution in [1.82, 2.24) is 5.32 Å². The van der Waals surface area contributed by atoms with E-state index in [4.69, 9.17) is 16.3 Å². The third kappa shape index (κ3) is 5.28. The van der Waals surface area contributed by atoms with E-state index < -0.39 is 0 Å². The predicted octanol–water partition coefficient (Wildman–Crippen LogP) is 5.81. The van der Waals surface area contributed by atoms with Gasteiger partial charge in [0.05, 0.1) is 10.6 Å². The molecule has 1 fully saturated rings. The molecule has 0 unspecified atom stereocenters. The van der Waals surface area contributed by atoms with E-state index in [2.05, 4.69) is 10.3 Å². The molecule has 1 aliphatic heterocycles. The van der Waals surface area contributed by atoms with Gasteiger partial charge < -0.3 is 10.1 Å². The molecule has 29 heavy (non-hydrogen) atoms. The molecule has 6 heteroatoms. The maximum absolute atomic E-state index is 12.3. The summed E-state index contributed by atoms with van der Waals surface area (Å²) in [6.07, 6.45) is 1.84. The number of amidine groups is 1. The Morgan fingerprint density at radius 2 is 1.79 bits per heavy atom. The molecule has 0 spiro atoms. The summed E-state index contributed by atoms with van der Waals surface area (Å²) in [5, 5.41) is 4.07. The predicted molar refractivity (Wildman–Crippen MR) is 119 cm³/mol. The quantitative estimate of drug-likeness (QED) is 0.530. The zero-order chi connectivity index (χ0) is 20.1. The van der Waals surface area contributed by atoms with Crippen LogP contribution in [0, 0.1) is 0 Å². The van der Waals surface area contributed by atoms with Crippen molar-refractivity contribution in [3.8, 4) is 5.75 Å². The molecule has 4 nitrogen and oxygen atoms in total. The van der Waals surface area contributed by atoms with E-state index in [1.54, 1.807) is 0 Å². The number of rotatable bonds is 5. The summed E-state index contributed by atoms with van der Waals surface area (Å²) in [7, 11) is 0. The number of carbonyl (C=O) groups excluding carboxylic acids is 1. The molecule has 0 atom stereocenters. The topological polar surface area (TPSA) is 50.7 Å². The molecule has 0 aromatic heterocycles. The minimum atomic E-state index is -0.155. The third-order valence-electron chi connectivity index (χ3n) is 4.11. The summed E-state index contributed by atoms with van der Waals surface area (Å²) >= 11 is 7.23. The molecular formula is C23H17ClN2O2S. The number of para-hydroxylation sites is 1. The first-order valence-electron chi connectivity index (χ1n) is 8.98. The molecule has 1 heterocycles. The summed E-state index contributed by atoms with van der Waals surface area (Å²) in [5.74, 6) is 0.577. The van der Waals surface area contributed by atoms with Crippen LogP contribution in [0.15, 0.2) is 88.8 Å². The summed E-state index contributed by atoms with van der Waals surface area (Å²) in [6.45, 7) is 0.445. The van der Waals surface area contributed by atoms with Crippen LogP contribution >= 0.6 is 23.4 Å². The number of hydrogen-bond donors (Lipinski definition) is 1. The van der Waals surface area contributed by atoms with Gasteiger partial charge in [-0.25, -0.2) is 4.99 Å². The maximum atomic E-state index is 12.3. The van der Waals surface area contributed by atoms with Crippen molar-refractivity contribution in [2.75, 3.05) is 0 Å². The number of carbonyl (C=O) groups is 1. The number of aliphatic imine (C=N–C) groups is 1. The average Bonchev–Trinajstić information content (AvgIpc) is 3.07. The SMILES string of the molecule is O=C1NC(=Nc2ccccc2)SC1=Cc1cccc(OCc2ccc(Cl)cc2)c1. The fourth-order valence-corrected chi connectivity index (χ4v) is 3.66. The zero-order valence-electron chi connectivity index (χ0n) is 15.3. The van der Waals surface area contributed by atoms with Crippen molar-refractivity contribution >= 4 is 46.2 Å². The fraction of sp³-hybridized carbons (Fsp3) is 0.0435. The Hall–Kier alpha value is -3.02. The third-order valence-corrected chi connectivity index (χ3v) is 5.27. The van der Waals surface area contributed by atoms with Crippen LogP contribution in [0.3, 0.4) is 0 Å². The van der Waals surface area contributed by atoms with E-state index in [1.165, 1.54) is 11.8 Å². The molecule has 3 aromatic rings. The summed E-state index contributed by atoms with van der Waals surface area (Å²) in [6, 6.07) is 24.7. The number of amides is 1. The second kappa shape index (κ2) is 8.99. The molecule has 0 bridgehead atoms. The van der Waals surface area contributed by atoms with Crippen molar-refractivity contribution in [3.63, 3.8) is 0 Å². The molecule has 4 rings (SSSR count). The first-order valence-corrected chi connectivity index (χ1v) is 10.2. The highest BCUT2D eigenvalue weighted by Crippen LogP contribution is 2.28. The van der Waals surface area contributed by atoms with E-state index in [1.807, 2.05) is 84.9 Å². The standard InChI is InChI=1S/C23H17ClN2O2S/c24-18-11-9-16(10-12-18)15-28-20-8-4-5-17(13-20)14-21-22(27)26-23(29-21)25-19-6-2-1-3-7-19/h1-14H,15H2,(H,25,26,27). The molecule has 1 aliphatic rings. The second-order valence-corrected chi connectivity index (χ2v) is 7.77. The lowest BCUT2D eigenvalue weighted by molar-refractivity contribution is -0.115. The van der Waals surface area contributed by atoms with Gasteiger partial charge in [-0.05, 0) is 65.4 Å². The van der Waals surface area contributed by atoms with Crippen molar-refractivity contribution in [1.29, 1.82) is 0 Å². The highest BCUT2D eigenvalue weighted by Gasteiger charge is 2.23. The van der Waals surface area contributed by atoms with Gasteiger partial charge in [-0.1, -0.05) is 54.1 Å². The highest BCUT2D eigenvalue weighted by atomic mass is 35.5. The Morgan fingerprint density at radius 3 is 2.59 bits per heavy atom. The average molecular weight is 421 g/mol. The summed E-state index contributed by atoms with van der Waals surface area (Å²) < 4.78 is 5.86.